The van der Waals surface area contributed by atoms with Crippen molar-refractivity contribution in [3.8, 4) is 0 Å². The molecule has 0 radical (unpaired) electrons. The van der Waals surface area contributed by atoms with Crippen molar-refractivity contribution in [2.45, 2.75) is 38.8 Å². The lowest BCUT2D eigenvalue weighted by atomic mass is 10.1. The van der Waals surface area contributed by atoms with Crippen molar-refractivity contribution in [1.82, 2.24) is 14.8 Å². The van der Waals surface area contributed by atoms with Gasteiger partial charge in [-0.3, -0.25) is 4.68 Å². The number of aryl methyl sites for hydroxylation is 1. The number of hydrogen-bond donors (Lipinski definition) is 1. The highest BCUT2D eigenvalue weighted by Crippen LogP contribution is 2.12. The van der Waals surface area contributed by atoms with Crippen LogP contribution in [0.1, 0.15) is 24.0 Å². The van der Waals surface area contributed by atoms with Gasteiger partial charge in [0.1, 0.15) is 12.2 Å². The van der Waals surface area contributed by atoms with Gasteiger partial charge in [0.15, 0.2) is 0 Å². The van der Waals surface area contributed by atoms with Gasteiger partial charge in [-0.15, -0.1) is 11.3 Å². The maximum atomic E-state index is 6.15. The van der Waals surface area contributed by atoms with Crippen LogP contribution in [0.2, 0.25) is 0 Å². The van der Waals surface area contributed by atoms with E-state index in [9.17, 15) is 0 Å². The molecule has 17 heavy (non-hydrogen) atoms. The molecule has 0 fully saturated rings. The predicted octanol–water partition coefficient (Wildman–Crippen LogP) is 1.86. The monoisotopic (exact) mass is 250 g/mol. The number of nitrogens with zero attached hydrogens (tertiary/aromatic N) is 3. The maximum absolute atomic E-state index is 6.15. The van der Waals surface area contributed by atoms with Crippen LogP contribution in [-0.2, 0) is 19.4 Å². The van der Waals surface area contributed by atoms with Crippen LogP contribution in [0.15, 0.2) is 23.8 Å². The Morgan fingerprint density at radius 1 is 1.47 bits per heavy atom. The molecule has 0 saturated carbocycles. The van der Waals surface area contributed by atoms with Crippen molar-refractivity contribution in [1.29, 1.82) is 0 Å². The van der Waals surface area contributed by atoms with Gasteiger partial charge in [0.2, 0.25) is 0 Å². The van der Waals surface area contributed by atoms with Gasteiger partial charge in [-0.1, -0.05) is 13.0 Å². The van der Waals surface area contributed by atoms with Crippen molar-refractivity contribution >= 4 is 11.3 Å². The van der Waals surface area contributed by atoms with Crippen molar-refractivity contribution in [2.75, 3.05) is 0 Å². The standard InChI is InChI=1S/C12H18N4S/c1-2-5-16-12(14-9-15-16)8-10(13)7-11-4-3-6-17-11/h3-4,6,9-10H,2,5,7-8,13H2,1H3. The summed E-state index contributed by atoms with van der Waals surface area (Å²) in [6, 6.07) is 4.31. The average molecular weight is 250 g/mol. The first-order valence-electron chi connectivity index (χ1n) is 5.94. The molecule has 2 aromatic rings. The summed E-state index contributed by atoms with van der Waals surface area (Å²) in [5.41, 5.74) is 6.15. The van der Waals surface area contributed by atoms with E-state index in [4.69, 9.17) is 5.73 Å². The van der Waals surface area contributed by atoms with Crippen LogP contribution in [0.3, 0.4) is 0 Å². The molecule has 0 aliphatic rings. The Balaban J connectivity index is 1.93. The number of nitrogens with two attached hydrogens (primary N) is 1. The van der Waals surface area contributed by atoms with E-state index in [1.165, 1.54) is 4.88 Å². The number of hydrogen-bond acceptors (Lipinski definition) is 4. The lowest BCUT2D eigenvalue weighted by molar-refractivity contribution is 0.541. The summed E-state index contributed by atoms with van der Waals surface area (Å²) in [6.45, 7) is 3.05. The molecule has 5 heteroatoms. The molecule has 2 N–H and O–H groups in total. The molecule has 2 heterocycles. The zero-order chi connectivity index (χ0) is 12.1. The fourth-order valence-electron chi connectivity index (χ4n) is 1.84. The fraction of sp³-hybridized carbons (Fsp3) is 0.500. The Morgan fingerprint density at radius 3 is 3.06 bits per heavy atom. The first-order chi connectivity index (χ1) is 8.29. The molecule has 0 spiro atoms. The quantitative estimate of drug-likeness (QED) is 0.851. The lowest BCUT2D eigenvalue weighted by Crippen LogP contribution is -2.27. The summed E-state index contributed by atoms with van der Waals surface area (Å²) >= 11 is 1.76. The molecule has 0 bridgehead atoms. The lowest BCUT2D eigenvalue weighted by Gasteiger charge is -2.10. The Morgan fingerprint density at radius 2 is 2.35 bits per heavy atom. The van der Waals surface area contributed by atoms with E-state index in [2.05, 4.69) is 34.5 Å². The third-order valence-corrected chi connectivity index (χ3v) is 3.52. The van der Waals surface area contributed by atoms with Gasteiger partial charge in [-0.05, 0) is 24.3 Å². The highest BCUT2D eigenvalue weighted by molar-refractivity contribution is 7.09. The van der Waals surface area contributed by atoms with Crippen LogP contribution in [0.25, 0.3) is 0 Å². The molecule has 1 unspecified atom stereocenters. The van der Waals surface area contributed by atoms with E-state index in [1.54, 1.807) is 17.7 Å². The normalized spacial score (nSPS) is 12.8. The third kappa shape index (κ3) is 3.38. The van der Waals surface area contributed by atoms with E-state index >= 15 is 0 Å². The van der Waals surface area contributed by atoms with Crippen LogP contribution in [-0.4, -0.2) is 20.8 Å². The SMILES string of the molecule is CCCn1ncnc1CC(N)Cc1cccs1. The second kappa shape index (κ2) is 5.93. The summed E-state index contributed by atoms with van der Waals surface area (Å²) in [5, 5.41) is 6.29. The number of aromatic nitrogens is 3. The maximum Gasteiger partial charge on any atom is 0.138 e. The van der Waals surface area contributed by atoms with Crippen molar-refractivity contribution in [3.05, 3.63) is 34.5 Å². The van der Waals surface area contributed by atoms with Crippen molar-refractivity contribution in [2.24, 2.45) is 5.73 Å². The third-order valence-electron chi connectivity index (χ3n) is 2.62. The van der Waals surface area contributed by atoms with Crippen LogP contribution in [0.4, 0.5) is 0 Å². The van der Waals surface area contributed by atoms with Crippen LogP contribution in [0, 0.1) is 0 Å². The first kappa shape index (κ1) is 12.3. The Labute approximate surface area is 105 Å². The van der Waals surface area contributed by atoms with Crippen LogP contribution >= 0.6 is 11.3 Å². The minimum absolute atomic E-state index is 0.119. The van der Waals surface area contributed by atoms with Gasteiger partial charge < -0.3 is 5.73 Å². The van der Waals surface area contributed by atoms with Crippen LogP contribution < -0.4 is 5.73 Å². The van der Waals surface area contributed by atoms with E-state index < -0.39 is 0 Å². The van der Waals surface area contributed by atoms with Gasteiger partial charge in [0.25, 0.3) is 0 Å². The zero-order valence-corrected chi connectivity index (χ0v) is 10.9. The highest BCUT2D eigenvalue weighted by Gasteiger charge is 2.10. The van der Waals surface area contributed by atoms with Crippen LogP contribution in [0.5, 0.6) is 0 Å². The van der Waals surface area contributed by atoms with Gasteiger partial charge in [-0.2, -0.15) is 5.10 Å². The number of rotatable bonds is 6. The molecule has 0 aliphatic carbocycles. The van der Waals surface area contributed by atoms with Crippen molar-refractivity contribution in [3.63, 3.8) is 0 Å². The molecule has 0 aromatic carbocycles. The van der Waals surface area contributed by atoms with E-state index in [0.717, 1.165) is 31.6 Å². The highest BCUT2D eigenvalue weighted by atomic mass is 32.1. The van der Waals surface area contributed by atoms with E-state index in [0.29, 0.717) is 0 Å². The molecular weight excluding hydrogens is 232 g/mol. The Hall–Kier alpha value is -1.20. The Bertz CT molecular complexity index is 435. The van der Waals surface area contributed by atoms with E-state index in [-0.39, 0.29) is 6.04 Å². The summed E-state index contributed by atoms with van der Waals surface area (Å²) in [7, 11) is 0. The molecule has 0 saturated heterocycles. The largest absolute Gasteiger partial charge is 0.327 e. The summed E-state index contributed by atoms with van der Waals surface area (Å²) in [6.07, 6.45) is 4.38. The number of thiophene rings is 1. The smallest absolute Gasteiger partial charge is 0.138 e. The molecule has 2 aromatic heterocycles. The molecule has 0 aliphatic heterocycles. The fourth-order valence-corrected chi connectivity index (χ4v) is 2.64. The minimum atomic E-state index is 0.119. The summed E-state index contributed by atoms with van der Waals surface area (Å²) < 4.78 is 1.95. The minimum Gasteiger partial charge on any atom is -0.327 e. The molecular formula is C12H18N4S. The zero-order valence-electron chi connectivity index (χ0n) is 10.0. The predicted molar refractivity (Wildman–Crippen MR) is 70.0 cm³/mol. The topological polar surface area (TPSA) is 56.7 Å². The van der Waals surface area contributed by atoms with Gasteiger partial charge in [0, 0.05) is 23.9 Å². The van der Waals surface area contributed by atoms with E-state index in [1.807, 2.05) is 4.68 Å². The first-order valence-corrected chi connectivity index (χ1v) is 6.82. The average Bonchev–Trinajstić information content (AvgIpc) is 2.92. The molecule has 1 atom stereocenters. The second-order valence-corrected chi connectivity index (χ2v) is 5.18. The van der Waals surface area contributed by atoms with Gasteiger partial charge >= 0.3 is 0 Å². The molecule has 92 valence electrons. The molecule has 2 rings (SSSR count). The second-order valence-electron chi connectivity index (χ2n) is 4.15. The van der Waals surface area contributed by atoms with Gasteiger partial charge in [0.05, 0.1) is 0 Å². The summed E-state index contributed by atoms with van der Waals surface area (Å²) in [5.74, 6) is 0.996. The Kier molecular flexibility index (Phi) is 4.28. The molecule has 4 nitrogen and oxygen atoms in total. The summed E-state index contributed by atoms with van der Waals surface area (Å²) in [4.78, 5) is 5.61. The van der Waals surface area contributed by atoms with Gasteiger partial charge in [-0.25, -0.2) is 4.98 Å². The molecule has 0 amide bonds. The van der Waals surface area contributed by atoms with Crippen molar-refractivity contribution < 1.29 is 0 Å².